The highest BCUT2D eigenvalue weighted by atomic mass is 35.5. The van der Waals surface area contributed by atoms with Crippen LogP contribution < -0.4 is 10.2 Å². The van der Waals surface area contributed by atoms with Crippen molar-refractivity contribution in [2.75, 3.05) is 11.4 Å². The molecule has 0 aliphatic carbocycles. The number of nitrogens with one attached hydrogen (secondary N) is 1. The maximum atomic E-state index is 13.5. The van der Waals surface area contributed by atoms with E-state index in [2.05, 4.69) is 5.32 Å². The molecule has 2 aliphatic rings. The van der Waals surface area contributed by atoms with Crippen molar-refractivity contribution in [3.8, 4) is 0 Å². The minimum Gasteiger partial charge on any atom is -0.315 e. The number of halogens is 2. The summed E-state index contributed by atoms with van der Waals surface area (Å²) >= 11 is 5.85. The molecule has 0 radical (unpaired) electrons. The Morgan fingerprint density at radius 3 is 2.65 bits per heavy atom. The van der Waals surface area contributed by atoms with Crippen LogP contribution in [0.5, 0.6) is 0 Å². The highest BCUT2D eigenvalue weighted by Crippen LogP contribution is 2.31. The van der Waals surface area contributed by atoms with E-state index in [4.69, 9.17) is 11.6 Å². The van der Waals surface area contributed by atoms with Crippen molar-refractivity contribution in [3.63, 3.8) is 0 Å². The Hall–Kier alpha value is -2.44. The SMILES string of the molecule is O=C1C2NCCC2N(Cc2ccccc2)C(=O)N1c1ccc(F)c(Cl)c1. The molecule has 1 N–H and O–H groups in total. The molecule has 2 fully saturated rings. The van der Waals surface area contributed by atoms with Gasteiger partial charge in [0, 0.05) is 6.54 Å². The van der Waals surface area contributed by atoms with Gasteiger partial charge in [-0.2, -0.15) is 0 Å². The first-order chi connectivity index (χ1) is 12.6. The van der Waals surface area contributed by atoms with Crippen LogP contribution in [0.1, 0.15) is 12.0 Å². The normalized spacial score (nSPS) is 22.7. The van der Waals surface area contributed by atoms with Gasteiger partial charge in [-0.25, -0.2) is 14.1 Å². The van der Waals surface area contributed by atoms with Crippen LogP contribution in [0.15, 0.2) is 48.5 Å². The zero-order valence-electron chi connectivity index (χ0n) is 13.9. The number of benzene rings is 2. The number of rotatable bonds is 3. The molecule has 2 atom stereocenters. The van der Waals surface area contributed by atoms with E-state index >= 15 is 0 Å². The van der Waals surface area contributed by atoms with E-state index in [0.29, 0.717) is 19.5 Å². The number of imide groups is 1. The molecular formula is C19H17ClFN3O2. The Kier molecular flexibility index (Phi) is 4.38. The van der Waals surface area contributed by atoms with Crippen LogP contribution in [-0.2, 0) is 11.3 Å². The van der Waals surface area contributed by atoms with Gasteiger partial charge >= 0.3 is 6.03 Å². The average molecular weight is 374 g/mol. The molecule has 0 spiro atoms. The van der Waals surface area contributed by atoms with Gasteiger partial charge in [-0.15, -0.1) is 0 Å². The van der Waals surface area contributed by atoms with Gasteiger partial charge in [0.1, 0.15) is 11.9 Å². The van der Waals surface area contributed by atoms with E-state index < -0.39 is 17.9 Å². The number of urea groups is 1. The maximum absolute atomic E-state index is 13.5. The van der Waals surface area contributed by atoms with Crippen LogP contribution >= 0.6 is 11.6 Å². The Bertz CT molecular complexity index is 861. The number of amides is 3. The summed E-state index contributed by atoms with van der Waals surface area (Å²) in [6, 6.07) is 12.4. The Balaban J connectivity index is 1.71. The summed E-state index contributed by atoms with van der Waals surface area (Å²) in [6.45, 7) is 1.07. The highest BCUT2D eigenvalue weighted by Gasteiger charge is 2.48. The summed E-state index contributed by atoms with van der Waals surface area (Å²) in [5, 5.41) is 3.05. The Labute approximate surface area is 155 Å². The van der Waals surface area contributed by atoms with Crippen molar-refractivity contribution in [3.05, 3.63) is 64.9 Å². The van der Waals surface area contributed by atoms with Crippen LogP contribution in [-0.4, -0.2) is 35.5 Å². The molecule has 7 heteroatoms. The lowest BCUT2D eigenvalue weighted by atomic mass is 10.0. The van der Waals surface area contributed by atoms with E-state index in [9.17, 15) is 14.0 Å². The van der Waals surface area contributed by atoms with Crippen LogP contribution in [0, 0.1) is 5.82 Å². The van der Waals surface area contributed by atoms with Crippen molar-refractivity contribution in [1.29, 1.82) is 0 Å². The van der Waals surface area contributed by atoms with Gasteiger partial charge in [0.15, 0.2) is 0 Å². The summed E-state index contributed by atoms with van der Waals surface area (Å²) in [6.07, 6.45) is 0.715. The van der Waals surface area contributed by atoms with Crippen LogP contribution in [0.4, 0.5) is 14.9 Å². The van der Waals surface area contributed by atoms with Gasteiger partial charge in [-0.1, -0.05) is 41.9 Å². The molecule has 134 valence electrons. The van der Waals surface area contributed by atoms with Gasteiger partial charge in [0.25, 0.3) is 5.91 Å². The standard InChI is InChI=1S/C19H17ClFN3O2/c20-14-10-13(6-7-15(14)21)24-18(25)17-16(8-9-22-17)23(19(24)26)11-12-4-2-1-3-5-12/h1-7,10,16-17,22H,8-9,11H2. The maximum Gasteiger partial charge on any atom is 0.332 e. The number of carbonyl (C=O) groups excluding carboxylic acids is 2. The summed E-state index contributed by atoms with van der Waals surface area (Å²) in [7, 11) is 0. The molecule has 2 saturated heterocycles. The van der Waals surface area contributed by atoms with Gasteiger partial charge in [0.2, 0.25) is 0 Å². The third-order valence-electron chi connectivity index (χ3n) is 4.87. The zero-order valence-corrected chi connectivity index (χ0v) is 14.6. The third kappa shape index (κ3) is 2.85. The molecule has 0 bridgehead atoms. The quantitative estimate of drug-likeness (QED) is 0.899. The number of nitrogens with zero attached hydrogens (tertiary/aromatic N) is 2. The van der Waals surface area contributed by atoms with Crippen molar-refractivity contribution in [2.24, 2.45) is 0 Å². The number of anilines is 1. The number of fused-ring (bicyclic) bond motifs is 1. The molecule has 2 aromatic carbocycles. The fourth-order valence-electron chi connectivity index (χ4n) is 3.61. The van der Waals surface area contributed by atoms with E-state index in [-0.39, 0.29) is 22.7 Å². The number of hydrogen-bond acceptors (Lipinski definition) is 3. The molecule has 5 nitrogen and oxygen atoms in total. The minimum atomic E-state index is -0.592. The fraction of sp³-hybridized carbons (Fsp3) is 0.263. The van der Waals surface area contributed by atoms with Gasteiger partial charge in [0.05, 0.1) is 16.8 Å². The van der Waals surface area contributed by atoms with Crippen LogP contribution in [0.25, 0.3) is 0 Å². The second-order valence-corrected chi connectivity index (χ2v) is 6.86. The van der Waals surface area contributed by atoms with Crippen molar-refractivity contribution >= 4 is 29.2 Å². The summed E-state index contributed by atoms with van der Waals surface area (Å²) in [4.78, 5) is 28.8. The molecule has 0 aromatic heterocycles. The third-order valence-corrected chi connectivity index (χ3v) is 5.16. The highest BCUT2D eigenvalue weighted by molar-refractivity contribution is 6.31. The average Bonchev–Trinajstić information content (AvgIpc) is 3.13. The molecule has 2 heterocycles. The number of hydrogen-bond donors (Lipinski definition) is 1. The van der Waals surface area contributed by atoms with Gasteiger partial charge in [-0.3, -0.25) is 4.79 Å². The lowest BCUT2D eigenvalue weighted by Gasteiger charge is -2.41. The second-order valence-electron chi connectivity index (χ2n) is 6.46. The second kappa shape index (κ2) is 6.70. The van der Waals surface area contributed by atoms with E-state index in [1.807, 2.05) is 30.3 Å². The first-order valence-electron chi connectivity index (χ1n) is 8.43. The summed E-state index contributed by atoms with van der Waals surface area (Å²) in [5.41, 5.74) is 1.26. The topological polar surface area (TPSA) is 52.7 Å². The minimum absolute atomic E-state index is 0.126. The van der Waals surface area contributed by atoms with Crippen molar-refractivity contribution in [1.82, 2.24) is 10.2 Å². The molecule has 4 rings (SSSR count). The molecule has 26 heavy (non-hydrogen) atoms. The molecule has 2 aliphatic heterocycles. The molecule has 2 aromatic rings. The zero-order chi connectivity index (χ0) is 18.3. The largest absolute Gasteiger partial charge is 0.332 e. The summed E-state index contributed by atoms with van der Waals surface area (Å²) < 4.78 is 13.5. The van der Waals surface area contributed by atoms with Gasteiger partial charge in [-0.05, 0) is 36.7 Å². The monoisotopic (exact) mass is 373 g/mol. The fourth-order valence-corrected chi connectivity index (χ4v) is 3.78. The van der Waals surface area contributed by atoms with Crippen molar-refractivity contribution in [2.45, 2.75) is 25.0 Å². The van der Waals surface area contributed by atoms with Crippen molar-refractivity contribution < 1.29 is 14.0 Å². The lowest BCUT2D eigenvalue weighted by Crippen LogP contribution is -2.64. The smallest absolute Gasteiger partial charge is 0.315 e. The Morgan fingerprint density at radius 2 is 1.92 bits per heavy atom. The first kappa shape index (κ1) is 17.0. The molecular weight excluding hydrogens is 357 g/mol. The van der Waals surface area contributed by atoms with Gasteiger partial charge < -0.3 is 10.2 Å². The van der Waals surface area contributed by atoms with E-state index in [0.717, 1.165) is 16.5 Å². The lowest BCUT2D eigenvalue weighted by molar-refractivity contribution is -0.122. The predicted molar refractivity (Wildman–Crippen MR) is 96.5 cm³/mol. The molecule has 3 amide bonds. The van der Waals surface area contributed by atoms with E-state index in [1.165, 1.54) is 12.1 Å². The molecule has 2 unspecified atom stereocenters. The van der Waals surface area contributed by atoms with Crippen LogP contribution in [0.3, 0.4) is 0 Å². The van der Waals surface area contributed by atoms with Crippen LogP contribution in [0.2, 0.25) is 5.02 Å². The predicted octanol–water partition coefficient (Wildman–Crippen LogP) is 3.18. The summed E-state index contributed by atoms with van der Waals surface area (Å²) in [5.74, 6) is -0.921. The Morgan fingerprint density at radius 1 is 1.15 bits per heavy atom. The number of carbonyl (C=O) groups is 2. The van der Waals surface area contributed by atoms with E-state index in [1.54, 1.807) is 4.90 Å². The molecule has 0 saturated carbocycles. The first-order valence-corrected chi connectivity index (χ1v) is 8.81.